The van der Waals surface area contributed by atoms with Crippen LogP contribution in [0, 0.1) is 5.92 Å². The number of hydrogen-bond donors (Lipinski definition) is 2. The summed E-state index contributed by atoms with van der Waals surface area (Å²) >= 11 is 0. The number of carbonyl (C=O) groups excluding carboxylic acids is 1. The molecule has 1 aromatic carbocycles. The number of piperidine rings is 1. The second-order valence-electron chi connectivity index (χ2n) is 5.67. The summed E-state index contributed by atoms with van der Waals surface area (Å²) in [5.41, 5.74) is 1.02. The van der Waals surface area contributed by atoms with Crippen LogP contribution in [-0.2, 0) is 4.79 Å². The van der Waals surface area contributed by atoms with E-state index in [0.29, 0.717) is 6.61 Å². The summed E-state index contributed by atoms with van der Waals surface area (Å²) in [6, 6.07) is 7.82. The van der Waals surface area contributed by atoms with Crippen molar-refractivity contribution in [1.82, 2.24) is 10.6 Å². The number of para-hydroxylation sites is 1. The number of carbonyl (C=O) groups is 1. The number of benzene rings is 1. The van der Waals surface area contributed by atoms with Gasteiger partial charge in [-0.25, -0.2) is 0 Å². The van der Waals surface area contributed by atoms with Crippen LogP contribution in [0.15, 0.2) is 24.3 Å². The lowest BCUT2D eigenvalue weighted by molar-refractivity contribution is -0.122. The molecule has 2 N–H and O–H groups in total. The molecule has 0 saturated carbocycles. The minimum atomic E-state index is -0.140. The molecule has 1 amide bonds. The van der Waals surface area contributed by atoms with Gasteiger partial charge in [0.05, 0.1) is 0 Å². The fourth-order valence-corrected chi connectivity index (χ4v) is 3.07. The molecule has 0 radical (unpaired) electrons. The van der Waals surface area contributed by atoms with Crippen molar-refractivity contribution in [2.45, 2.75) is 25.2 Å². The van der Waals surface area contributed by atoms with Crippen LogP contribution in [0.5, 0.6) is 5.75 Å². The Labute approximate surface area is 119 Å². The third-order valence-electron chi connectivity index (χ3n) is 4.33. The van der Waals surface area contributed by atoms with E-state index in [1.165, 1.54) is 12.8 Å². The van der Waals surface area contributed by atoms with Gasteiger partial charge >= 0.3 is 0 Å². The number of fused-ring (bicyclic) bond motifs is 1. The third-order valence-corrected chi connectivity index (χ3v) is 4.33. The van der Waals surface area contributed by atoms with Gasteiger partial charge in [-0.2, -0.15) is 0 Å². The maximum absolute atomic E-state index is 12.2. The van der Waals surface area contributed by atoms with Gasteiger partial charge in [-0.1, -0.05) is 18.2 Å². The van der Waals surface area contributed by atoms with Crippen molar-refractivity contribution in [3.63, 3.8) is 0 Å². The van der Waals surface area contributed by atoms with Crippen LogP contribution in [0.2, 0.25) is 0 Å². The average molecular weight is 274 g/mol. The number of rotatable bonds is 4. The van der Waals surface area contributed by atoms with Crippen molar-refractivity contribution in [3.05, 3.63) is 29.8 Å². The minimum Gasteiger partial charge on any atom is -0.492 e. The van der Waals surface area contributed by atoms with Crippen molar-refractivity contribution in [3.8, 4) is 5.75 Å². The van der Waals surface area contributed by atoms with E-state index >= 15 is 0 Å². The predicted molar refractivity (Wildman–Crippen MR) is 77.9 cm³/mol. The van der Waals surface area contributed by atoms with Crippen LogP contribution < -0.4 is 15.4 Å². The zero-order valence-corrected chi connectivity index (χ0v) is 11.7. The van der Waals surface area contributed by atoms with Crippen LogP contribution >= 0.6 is 0 Å². The molecule has 2 aliphatic rings. The van der Waals surface area contributed by atoms with Crippen LogP contribution in [-0.4, -0.2) is 32.1 Å². The molecule has 20 heavy (non-hydrogen) atoms. The largest absolute Gasteiger partial charge is 0.492 e. The third kappa shape index (κ3) is 2.96. The molecule has 0 aliphatic carbocycles. The van der Waals surface area contributed by atoms with Gasteiger partial charge in [0.15, 0.2) is 0 Å². The lowest BCUT2D eigenvalue weighted by Gasteiger charge is -2.22. The molecule has 4 nitrogen and oxygen atoms in total. The first-order valence-electron chi connectivity index (χ1n) is 7.55. The number of nitrogens with one attached hydrogen (secondary N) is 2. The molecule has 1 unspecified atom stereocenters. The molecule has 0 aromatic heterocycles. The highest BCUT2D eigenvalue weighted by molar-refractivity contribution is 5.85. The van der Waals surface area contributed by atoms with E-state index in [2.05, 4.69) is 10.6 Å². The maximum atomic E-state index is 12.2. The first kappa shape index (κ1) is 13.4. The van der Waals surface area contributed by atoms with Crippen LogP contribution in [0.4, 0.5) is 0 Å². The van der Waals surface area contributed by atoms with E-state index in [1.54, 1.807) is 0 Å². The summed E-state index contributed by atoms with van der Waals surface area (Å²) in [4.78, 5) is 12.2. The highest BCUT2D eigenvalue weighted by atomic mass is 16.5. The average Bonchev–Trinajstić information content (AvgIpc) is 2.92. The molecule has 1 atom stereocenters. The Kier molecular flexibility index (Phi) is 4.21. The standard InChI is InChI=1S/C16H22N2O2/c19-16(18-10-7-12-5-8-17-9-6-12)14-11-20-15-4-2-1-3-13(14)15/h1-4,12,14,17H,5-11H2,(H,18,19). The molecule has 0 bridgehead atoms. The molecule has 1 fully saturated rings. The number of ether oxygens (including phenoxy) is 1. The Morgan fingerprint density at radius 2 is 2.10 bits per heavy atom. The lowest BCUT2D eigenvalue weighted by Crippen LogP contribution is -2.34. The van der Waals surface area contributed by atoms with E-state index in [0.717, 1.165) is 43.3 Å². The Hall–Kier alpha value is -1.55. The topological polar surface area (TPSA) is 50.4 Å². The van der Waals surface area contributed by atoms with Crippen molar-refractivity contribution < 1.29 is 9.53 Å². The van der Waals surface area contributed by atoms with Crippen molar-refractivity contribution in [2.24, 2.45) is 5.92 Å². The molecule has 108 valence electrons. The van der Waals surface area contributed by atoms with Crippen LogP contribution in [0.3, 0.4) is 0 Å². The Morgan fingerprint density at radius 1 is 1.30 bits per heavy atom. The summed E-state index contributed by atoms with van der Waals surface area (Å²) in [5.74, 6) is 1.57. The quantitative estimate of drug-likeness (QED) is 0.878. The smallest absolute Gasteiger partial charge is 0.231 e. The van der Waals surface area contributed by atoms with E-state index in [1.807, 2.05) is 24.3 Å². The van der Waals surface area contributed by atoms with Gasteiger partial charge in [0.2, 0.25) is 5.91 Å². The minimum absolute atomic E-state index is 0.101. The summed E-state index contributed by atoms with van der Waals surface area (Å²) in [5, 5.41) is 6.44. The first-order valence-corrected chi connectivity index (χ1v) is 7.55. The van der Waals surface area contributed by atoms with Gasteiger partial charge < -0.3 is 15.4 Å². The Bertz CT molecular complexity index is 469. The molecule has 3 rings (SSSR count). The molecular formula is C16H22N2O2. The summed E-state index contributed by atoms with van der Waals surface area (Å²) in [7, 11) is 0. The lowest BCUT2D eigenvalue weighted by atomic mass is 9.94. The molecule has 2 heterocycles. The van der Waals surface area contributed by atoms with Crippen LogP contribution in [0.1, 0.15) is 30.7 Å². The van der Waals surface area contributed by atoms with Gasteiger partial charge in [0, 0.05) is 12.1 Å². The normalized spacial score (nSPS) is 22.1. The van der Waals surface area contributed by atoms with Gasteiger partial charge in [-0.05, 0) is 44.3 Å². The van der Waals surface area contributed by atoms with Crippen molar-refractivity contribution in [2.75, 3.05) is 26.2 Å². The fourth-order valence-electron chi connectivity index (χ4n) is 3.07. The Balaban J connectivity index is 1.48. The number of amides is 1. The zero-order chi connectivity index (χ0) is 13.8. The van der Waals surface area contributed by atoms with E-state index < -0.39 is 0 Å². The Morgan fingerprint density at radius 3 is 2.95 bits per heavy atom. The van der Waals surface area contributed by atoms with Crippen molar-refractivity contribution >= 4 is 5.91 Å². The summed E-state index contributed by atoms with van der Waals surface area (Å²) < 4.78 is 5.56. The molecule has 1 saturated heterocycles. The van der Waals surface area contributed by atoms with Gasteiger partial charge in [0.25, 0.3) is 0 Å². The van der Waals surface area contributed by atoms with Gasteiger partial charge in [-0.3, -0.25) is 4.79 Å². The summed E-state index contributed by atoms with van der Waals surface area (Å²) in [6.07, 6.45) is 3.54. The maximum Gasteiger partial charge on any atom is 0.231 e. The second kappa shape index (κ2) is 6.27. The highest BCUT2D eigenvalue weighted by Gasteiger charge is 2.29. The molecule has 2 aliphatic heterocycles. The first-order chi connectivity index (χ1) is 9.84. The highest BCUT2D eigenvalue weighted by Crippen LogP contribution is 2.33. The fraction of sp³-hybridized carbons (Fsp3) is 0.562. The van der Waals surface area contributed by atoms with E-state index in [4.69, 9.17) is 4.74 Å². The van der Waals surface area contributed by atoms with E-state index in [-0.39, 0.29) is 11.8 Å². The second-order valence-corrected chi connectivity index (χ2v) is 5.67. The van der Waals surface area contributed by atoms with Gasteiger partial charge in [-0.15, -0.1) is 0 Å². The molecular weight excluding hydrogens is 252 g/mol. The van der Waals surface area contributed by atoms with Crippen LogP contribution in [0.25, 0.3) is 0 Å². The summed E-state index contributed by atoms with van der Waals surface area (Å²) in [6.45, 7) is 3.48. The van der Waals surface area contributed by atoms with Crippen molar-refractivity contribution in [1.29, 1.82) is 0 Å². The SMILES string of the molecule is O=C(NCCC1CCNCC1)C1COc2ccccc21. The van der Waals surface area contributed by atoms with E-state index in [9.17, 15) is 4.79 Å². The number of hydrogen-bond acceptors (Lipinski definition) is 3. The molecule has 4 heteroatoms. The molecule has 0 spiro atoms. The van der Waals surface area contributed by atoms with Gasteiger partial charge in [0.1, 0.15) is 18.3 Å². The molecule has 1 aromatic rings. The predicted octanol–water partition coefficient (Wildman–Crippen LogP) is 1.67. The monoisotopic (exact) mass is 274 g/mol. The zero-order valence-electron chi connectivity index (χ0n) is 11.7.